The molecule has 2 aromatic heterocycles. The number of carbonyl (C=O) groups excluding carboxylic acids is 1. The predicted molar refractivity (Wildman–Crippen MR) is 114 cm³/mol. The molecule has 2 aromatic carbocycles. The molecule has 0 atom stereocenters. The molecule has 0 radical (unpaired) electrons. The number of nitrogens with one attached hydrogen (secondary N) is 1. The molecule has 30 heavy (non-hydrogen) atoms. The van der Waals surface area contributed by atoms with Crippen LogP contribution in [0.4, 0.5) is 0 Å². The van der Waals surface area contributed by atoms with E-state index in [9.17, 15) is 9.59 Å². The number of hydrogen-bond acceptors (Lipinski definition) is 4. The number of nitrogens with zero attached hydrogens (tertiary/aromatic N) is 4. The van der Waals surface area contributed by atoms with Gasteiger partial charge in [-0.15, -0.1) is 10.2 Å². The number of carbonyl (C=O) groups is 1. The largest absolute Gasteiger partial charge is 0.353 e. The summed E-state index contributed by atoms with van der Waals surface area (Å²) in [6.07, 6.45) is 3.69. The summed E-state index contributed by atoms with van der Waals surface area (Å²) in [5.74, 6) is 1.25. The second-order valence-electron chi connectivity index (χ2n) is 7.80. The van der Waals surface area contributed by atoms with Crippen molar-refractivity contribution >= 4 is 22.6 Å². The number of para-hydroxylation sites is 1. The smallest absolute Gasteiger partial charge is 0.262 e. The first-order valence-corrected chi connectivity index (χ1v) is 10.4. The molecule has 0 unspecified atom stereocenters. The summed E-state index contributed by atoms with van der Waals surface area (Å²) in [7, 11) is 0. The Morgan fingerprint density at radius 2 is 1.77 bits per heavy atom. The average Bonchev–Trinajstić information content (AvgIpc) is 3.49. The highest BCUT2D eigenvalue weighted by atomic mass is 16.1. The van der Waals surface area contributed by atoms with Gasteiger partial charge < -0.3 is 5.32 Å². The van der Waals surface area contributed by atoms with Crippen LogP contribution in [0.5, 0.6) is 0 Å². The SMILES string of the molecule is O=C(CCc1nnc2n(CCc3ccccc3)c(=O)c3ccccc3n12)NC1CC1. The Labute approximate surface area is 173 Å². The Hall–Kier alpha value is -3.48. The lowest BCUT2D eigenvalue weighted by molar-refractivity contribution is -0.121. The summed E-state index contributed by atoms with van der Waals surface area (Å²) in [6, 6.07) is 17.9. The maximum atomic E-state index is 13.2. The number of aromatic nitrogens is 4. The van der Waals surface area contributed by atoms with Gasteiger partial charge in [-0.25, -0.2) is 0 Å². The van der Waals surface area contributed by atoms with Crippen molar-refractivity contribution < 1.29 is 4.79 Å². The van der Waals surface area contributed by atoms with Gasteiger partial charge in [0.25, 0.3) is 5.56 Å². The molecule has 1 amide bonds. The van der Waals surface area contributed by atoms with Crippen molar-refractivity contribution in [1.82, 2.24) is 24.5 Å². The fourth-order valence-corrected chi connectivity index (χ4v) is 3.82. The molecule has 7 heteroatoms. The highest BCUT2D eigenvalue weighted by Gasteiger charge is 2.23. The van der Waals surface area contributed by atoms with Gasteiger partial charge in [-0.3, -0.25) is 18.6 Å². The standard InChI is InChI=1S/C23H23N5O2/c29-21(24-17-10-11-17)13-12-20-25-26-23-27(15-14-16-6-2-1-3-7-16)22(30)18-8-4-5-9-19(18)28(20)23/h1-9,17H,10-15H2,(H,24,29). The van der Waals surface area contributed by atoms with Crippen molar-refractivity contribution in [2.24, 2.45) is 0 Å². The number of fused-ring (bicyclic) bond motifs is 3. The van der Waals surface area contributed by atoms with Crippen molar-refractivity contribution in [3.8, 4) is 0 Å². The molecule has 1 fully saturated rings. The van der Waals surface area contributed by atoms with Crippen LogP contribution in [-0.2, 0) is 24.2 Å². The van der Waals surface area contributed by atoms with Gasteiger partial charge in [-0.2, -0.15) is 0 Å². The minimum absolute atomic E-state index is 0.0379. The molecule has 7 nitrogen and oxygen atoms in total. The lowest BCUT2D eigenvalue weighted by Crippen LogP contribution is -2.26. The molecule has 2 heterocycles. The minimum atomic E-state index is -0.0699. The lowest BCUT2D eigenvalue weighted by Gasteiger charge is -2.11. The predicted octanol–water partition coefficient (Wildman–Crippen LogP) is 2.50. The Morgan fingerprint density at radius 1 is 1.00 bits per heavy atom. The van der Waals surface area contributed by atoms with Crippen LogP contribution in [0.3, 0.4) is 0 Å². The highest BCUT2D eigenvalue weighted by Crippen LogP contribution is 2.19. The molecule has 0 bridgehead atoms. The highest BCUT2D eigenvalue weighted by molar-refractivity contribution is 5.80. The van der Waals surface area contributed by atoms with Gasteiger partial charge in [0.1, 0.15) is 5.82 Å². The first-order chi connectivity index (χ1) is 14.7. The van der Waals surface area contributed by atoms with Crippen LogP contribution in [0.1, 0.15) is 30.7 Å². The van der Waals surface area contributed by atoms with Crippen LogP contribution < -0.4 is 10.9 Å². The monoisotopic (exact) mass is 401 g/mol. The third kappa shape index (κ3) is 3.58. The fourth-order valence-electron chi connectivity index (χ4n) is 3.82. The van der Waals surface area contributed by atoms with Gasteiger partial charge in [0.2, 0.25) is 11.7 Å². The van der Waals surface area contributed by atoms with Gasteiger partial charge in [0.15, 0.2) is 0 Å². The number of hydrogen-bond donors (Lipinski definition) is 1. The molecular formula is C23H23N5O2. The maximum absolute atomic E-state index is 13.2. The number of amides is 1. The Kier molecular flexibility index (Phi) is 4.78. The second-order valence-corrected chi connectivity index (χ2v) is 7.80. The van der Waals surface area contributed by atoms with E-state index in [0.717, 1.165) is 30.3 Å². The molecule has 0 saturated heterocycles. The fraction of sp³-hybridized carbons (Fsp3) is 0.304. The van der Waals surface area contributed by atoms with Crippen LogP contribution in [0.2, 0.25) is 0 Å². The van der Waals surface area contributed by atoms with Crippen LogP contribution in [0.25, 0.3) is 16.7 Å². The van der Waals surface area contributed by atoms with Gasteiger partial charge in [-0.05, 0) is 37.0 Å². The molecule has 1 aliphatic rings. The zero-order valence-electron chi connectivity index (χ0n) is 16.6. The van der Waals surface area contributed by atoms with Gasteiger partial charge in [0, 0.05) is 25.4 Å². The summed E-state index contributed by atoms with van der Waals surface area (Å²) in [6.45, 7) is 0.511. The van der Waals surface area contributed by atoms with E-state index in [4.69, 9.17) is 0 Å². The molecule has 4 aromatic rings. The molecular weight excluding hydrogens is 378 g/mol. The molecule has 0 spiro atoms. The maximum Gasteiger partial charge on any atom is 0.262 e. The normalized spacial score (nSPS) is 13.7. The molecule has 1 N–H and O–H groups in total. The summed E-state index contributed by atoms with van der Waals surface area (Å²) < 4.78 is 3.61. The van der Waals surface area contributed by atoms with E-state index in [1.54, 1.807) is 4.57 Å². The molecule has 1 aliphatic carbocycles. The Bertz CT molecular complexity index is 1270. The van der Waals surface area contributed by atoms with Crippen LogP contribution >= 0.6 is 0 Å². The molecule has 1 saturated carbocycles. The van der Waals surface area contributed by atoms with Crippen LogP contribution in [0, 0.1) is 0 Å². The first kappa shape index (κ1) is 18.5. The van der Waals surface area contributed by atoms with E-state index in [1.165, 1.54) is 0 Å². The van der Waals surface area contributed by atoms with Crippen LogP contribution in [-0.4, -0.2) is 31.1 Å². The van der Waals surface area contributed by atoms with E-state index >= 15 is 0 Å². The Balaban J connectivity index is 1.52. The summed E-state index contributed by atoms with van der Waals surface area (Å²) in [4.78, 5) is 25.3. The first-order valence-electron chi connectivity index (χ1n) is 10.4. The van der Waals surface area contributed by atoms with E-state index in [2.05, 4.69) is 27.6 Å². The topological polar surface area (TPSA) is 81.3 Å². The van der Waals surface area contributed by atoms with Gasteiger partial charge in [-0.1, -0.05) is 42.5 Å². The Morgan fingerprint density at radius 3 is 2.57 bits per heavy atom. The summed E-state index contributed by atoms with van der Waals surface area (Å²) in [5, 5.41) is 12.3. The number of rotatable bonds is 7. The lowest BCUT2D eigenvalue weighted by atomic mass is 10.1. The number of benzene rings is 2. The van der Waals surface area contributed by atoms with E-state index in [0.29, 0.717) is 42.4 Å². The quantitative estimate of drug-likeness (QED) is 0.516. The second kappa shape index (κ2) is 7.74. The van der Waals surface area contributed by atoms with Gasteiger partial charge in [0.05, 0.1) is 10.9 Å². The average molecular weight is 401 g/mol. The number of aryl methyl sites for hydroxylation is 3. The van der Waals surface area contributed by atoms with E-state index < -0.39 is 0 Å². The third-order valence-corrected chi connectivity index (χ3v) is 5.56. The molecule has 5 rings (SSSR count). The van der Waals surface area contributed by atoms with E-state index in [-0.39, 0.29) is 11.5 Å². The van der Waals surface area contributed by atoms with Crippen molar-refractivity contribution in [1.29, 1.82) is 0 Å². The zero-order valence-corrected chi connectivity index (χ0v) is 16.6. The van der Waals surface area contributed by atoms with Crippen molar-refractivity contribution in [3.05, 3.63) is 76.3 Å². The summed E-state index contributed by atoms with van der Waals surface area (Å²) >= 11 is 0. The van der Waals surface area contributed by atoms with Crippen molar-refractivity contribution in [2.45, 2.75) is 44.7 Å². The zero-order chi connectivity index (χ0) is 20.5. The van der Waals surface area contributed by atoms with Gasteiger partial charge >= 0.3 is 0 Å². The molecule has 0 aliphatic heterocycles. The minimum Gasteiger partial charge on any atom is -0.353 e. The van der Waals surface area contributed by atoms with Crippen LogP contribution in [0.15, 0.2) is 59.4 Å². The van der Waals surface area contributed by atoms with Crippen molar-refractivity contribution in [2.75, 3.05) is 0 Å². The molecule has 152 valence electrons. The summed E-state index contributed by atoms with van der Waals surface area (Å²) in [5.41, 5.74) is 1.86. The third-order valence-electron chi connectivity index (χ3n) is 5.56. The van der Waals surface area contributed by atoms with Crippen molar-refractivity contribution in [3.63, 3.8) is 0 Å². The van der Waals surface area contributed by atoms with E-state index in [1.807, 2.05) is 46.9 Å².